The van der Waals surface area contributed by atoms with Gasteiger partial charge in [-0.1, -0.05) is 29.8 Å². The molecule has 0 radical (unpaired) electrons. The van der Waals surface area contributed by atoms with Crippen molar-refractivity contribution in [1.29, 1.82) is 0 Å². The van der Waals surface area contributed by atoms with Gasteiger partial charge in [0.05, 0.1) is 13.2 Å². The van der Waals surface area contributed by atoms with Crippen LogP contribution < -0.4 is 15.4 Å². The summed E-state index contributed by atoms with van der Waals surface area (Å²) < 4.78 is 5.43. The Morgan fingerprint density at radius 2 is 1.75 bits per heavy atom. The van der Waals surface area contributed by atoms with E-state index in [-0.39, 0.29) is 18.0 Å². The molecule has 0 aliphatic carbocycles. The molecule has 128 valence electrons. The fraction of sp³-hybridized carbons (Fsp3) is 0.350. The molecule has 2 atom stereocenters. The minimum atomic E-state index is -0.328. The number of ether oxygens (including phenoxy) is 1. The van der Waals surface area contributed by atoms with Gasteiger partial charge in [0, 0.05) is 17.3 Å². The fourth-order valence-corrected chi connectivity index (χ4v) is 2.71. The van der Waals surface area contributed by atoms with E-state index in [4.69, 9.17) is 4.74 Å². The molecular formula is C20H26N2O2. The van der Waals surface area contributed by atoms with E-state index < -0.39 is 0 Å². The highest BCUT2D eigenvalue weighted by atomic mass is 16.5. The number of aryl methyl sites for hydroxylation is 2. The Bertz CT molecular complexity index is 713. The van der Waals surface area contributed by atoms with Crippen LogP contribution in [0.25, 0.3) is 0 Å². The van der Waals surface area contributed by atoms with Gasteiger partial charge in [0.2, 0.25) is 5.91 Å². The molecule has 2 aromatic carbocycles. The molecule has 0 aliphatic heterocycles. The Balaban J connectivity index is 2.04. The minimum Gasteiger partial charge on any atom is -0.496 e. The summed E-state index contributed by atoms with van der Waals surface area (Å²) in [6.07, 6.45) is 0. The first-order chi connectivity index (χ1) is 11.4. The van der Waals surface area contributed by atoms with Gasteiger partial charge in [-0.2, -0.15) is 0 Å². The molecule has 4 heteroatoms. The van der Waals surface area contributed by atoms with Crippen LogP contribution in [0.1, 0.15) is 36.6 Å². The molecule has 0 heterocycles. The summed E-state index contributed by atoms with van der Waals surface area (Å²) in [4.78, 5) is 12.4. The molecule has 0 bridgehead atoms. The third kappa shape index (κ3) is 4.59. The third-order valence-electron chi connectivity index (χ3n) is 4.03. The Hall–Kier alpha value is -2.33. The number of rotatable bonds is 6. The second kappa shape index (κ2) is 7.97. The van der Waals surface area contributed by atoms with E-state index in [0.717, 1.165) is 28.1 Å². The van der Waals surface area contributed by atoms with Crippen molar-refractivity contribution in [3.05, 3.63) is 59.2 Å². The molecule has 0 aliphatic rings. The van der Waals surface area contributed by atoms with E-state index in [1.165, 1.54) is 0 Å². The van der Waals surface area contributed by atoms with Gasteiger partial charge in [-0.25, -0.2) is 0 Å². The summed E-state index contributed by atoms with van der Waals surface area (Å²) in [6, 6.07) is 13.5. The van der Waals surface area contributed by atoms with E-state index in [2.05, 4.69) is 16.7 Å². The third-order valence-corrected chi connectivity index (χ3v) is 4.03. The molecule has 2 aromatic rings. The topological polar surface area (TPSA) is 50.4 Å². The van der Waals surface area contributed by atoms with Crippen LogP contribution in [0, 0.1) is 13.8 Å². The normalized spacial score (nSPS) is 13.2. The standard InChI is InChI=1S/C20H26N2O2/c1-13-7-6-8-17(11-13)22-20(23)16(4)21-15(3)18-12-14(2)9-10-19(18)24-5/h6-12,15-16,21H,1-5H3,(H,22,23). The molecule has 1 amide bonds. The number of methoxy groups -OCH3 is 1. The number of benzene rings is 2. The summed E-state index contributed by atoms with van der Waals surface area (Å²) in [6.45, 7) is 7.95. The summed E-state index contributed by atoms with van der Waals surface area (Å²) in [5, 5.41) is 6.29. The molecule has 0 saturated heterocycles. The second-order valence-electron chi connectivity index (χ2n) is 6.21. The van der Waals surface area contributed by atoms with Crippen molar-refractivity contribution >= 4 is 11.6 Å². The first-order valence-electron chi connectivity index (χ1n) is 8.19. The Labute approximate surface area is 144 Å². The summed E-state index contributed by atoms with van der Waals surface area (Å²) in [5.41, 5.74) is 4.14. The van der Waals surface area contributed by atoms with Crippen molar-refractivity contribution in [2.24, 2.45) is 0 Å². The fourth-order valence-electron chi connectivity index (χ4n) is 2.71. The lowest BCUT2D eigenvalue weighted by Crippen LogP contribution is -2.39. The minimum absolute atomic E-state index is 0.00175. The molecule has 4 nitrogen and oxygen atoms in total. The molecule has 24 heavy (non-hydrogen) atoms. The maximum Gasteiger partial charge on any atom is 0.241 e. The van der Waals surface area contributed by atoms with Crippen LogP contribution in [-0.4, -0.2) is 19.1 Å². The largest absolute Gasteiger partial charge is 0.496 e. The number of amides is 1. The average molecular weight is 326 g/mol. The number of nitrogens with one attached hydrogen (secondary N) is 2. The van der Waals surface area contributed by atoms with Gasteiger partial charge < -0.3 is 10.1 Å². The maximum absolute atomic E-state index is 12.4. The zero-order chi connectivity index (χ0) is 17.7. The van der Waals surface area contributed by atoms with Crippen LogP contribution in [-0.2, 0) is 4.79 Å². The Kier molecular flexibility index (Phi) is 5.99. The molecule has 2 unspecified atom stereocenters. The van der Waals surface area contributed by atoms with Gasteiger partial charge in [0.25, 0.3) is 0 Å². The zero-order valence-electron chi connectivity index (χ0n) is 15.0. The predicted molar refractivity (Wildman–Crippen MR) is 98.6 cm³/mol. The molecule has 0 spiro atoms. The van der Waals surface area contributed by atoms with Crippen molar-refractivity contribution in [3.63, 3.8) is 0 Å². The van der Waals surface area contributed by atoms with E-state index >= 15 is 0 Å². The van der Waals surface area contributed by atoms with Crippen molar-refractivity contribution < 1.29 is 9.53 Å². The molecule has 2 N–H and O–H groups in total. The van der Waals surface area contributed by atoms with Crippen molar-refractivity contribution in [1.82, 2.24) is 5.32 Å². The lowest BCUT2D eigenvalue weighted by atomic mass is 10.0. The number of hydrogen-bond donors (Lipinski definition) is 2. The highest BCUT2D eigenvalue weighted by Crippen LogP contribution is 2.26. The average Bonchev–Trinajstić information content (AvgIpc) is 2.54. The summed E-state index contributed by atoms with van der Waals surface area (Å²) >= 11 is 0. The first-order valence-corrected chi connectivity index (χ1v) is 8.19. The van der Waals surface area contributed by atoms with E-state index in [1.54, 1.807) is 7.11 Å². The van der Waals surface area contributed by atoms with E-state index in [0.29, 0.717) is 0 Å². The van der Waals surface area contributed by atoms with Crippen LogP contribution in [0.5, 0.6) is 5.75 Å². The first kappa shape index (κ1) is 18.0. The maximum atomic E-state index is 12.4. The second-order valence-corrected chi connectivity index (χ2v) is 6.21. The highest BCUT2D eigenvalue weighted by Gasteiger charge is 2.18. The zero-order valence-corrected chi connectivity index (χ0v) is 15.0. The van der Waals surface area contributed by atoms with Crippen LogP contribution in [0.15, 0.2) is 42.5 Å². The molecule has 2 rings (SSSR count). The van der Waals surface area contributed by atoms with Crippen molar-refractivity contribution in [2.75, 3.05) is 12.4 Å². The molecular weight excluding hydrogens is 300 g/mol. The quantitative estimate of drug-likeness (QED) is 0.844. The number of hydrogen-bond acceptors (Lipinski definition) is 3. The van der Waals surface area contributed by atoms with Crippen molar-refractivity contribution in [2.45, 2.75) is 39.8 Å². The van der Waals surface area contributed by atoms with Crippen LogP contribution >= 0.6 is 0 Å². The number of anilines is 1. The monoisotopic (exact) mass is 326 g/mol. The van der Waals surface area contributed by atoms with E-state index in [1.807, 2.05) is 64.1 Å². The van der Waals surface area contributed by atoms with Gasteiger partial charge in [-0.15, -0.1) is 0 Å². The SMILES string of the molecule is COc1ccc(C)cc1C(C)NC(C)C(=O)Nc1cccc(C)c1. The van der Waals surface area contributed by atoms with Crippen LogP contribution in [0.2, 0.25) is 0 Å². The lowest BCUT2D eigenvalue weighted by Gasteiger charge is -2.22. The van der Waals surface area contributed by atoms with E-state index in [9.17, 15) is 4.79 Å². The Morgan fingerprint density at radius 1 is 1.04 bits per heavy atom. The smallest absolute Gasteiger partial charge is 0.241 e. The van der Waals surface area contributed by atoms with Gasteiger partial charge >= 0.3 is 0 Å². The van der Waals surface area contributed by atoms with Gasteiger partial charge in [-0.05, 0) is 51.5 Å². The number of carbonyl (C=O) groups is 1. The van der Waals surface area contributed by atoms with Crippen LogP contribution in [0.4, 0.5) is 5.69 Å². The summed E-state index contributed by atoms with van der Waals surface area (Å²) in [7, 11) is 1.66. The Morgan fingerprint density at radius 3 is 2.42 bits per heavy atom. The molecule has 0 fully saturated rings. The highest BCUT2D eigenvalue weighted by molar-refractivity contribution is 5.94. The molecule has 0 saturated carbocycles. The summed E-state index contributed by atoms with van der Waals surface area (Å²) in [5.74, 6) is 0.769. The molecule has 0 aromatic heterocycles. The van der Waals surface area contributed by atoms with Gasteiger partial charge in [0.1, 0.15) is 5.75 Å². The van der Waals surface area contributed by atoms with Crippen molar-refractivity contribution in [3.8, 4) is 5.75 Å². The predicted octanol–water partition coefficient (Wildman–Crippen LogP) is 3.99. The van der Waals surface area contributed by atoms with Crippen LogP contribution in [0.3, 0.4) is 0 Å². The van der Waals surface area contributed by atoms with Gasteiger partial charge in [-0.3, -0.25) is 10.1 Å². The lowest BCUT2D eigenvalue weighted by molar-refractivity contribution is -0.117. The van der Waals surface area contributed by atoms with Gasteiger partial charge in [0.15, 0.2) is 0 Å². The number of carbonyl (C=O) groups excluding carboxylic acids is 1.